The van der Waals surface area contributed by atoms with Crippen LogP contribution < -0.4 is 10.6 Å². The maximum atomic E-state index is 13.1. The molecule has 5 heteroatoms. The lowest BCUT2D eigenvalue weighted by Crippen LogP contribution is -2.47. The first-order chi connectivity index (χ1) is 6.38. The highest BCUT2D eigenvalue weighted by atomic mass is 19.1. The highest BCUT2D eigenvalue weighted by Gasteiger charge is 2.29. The minimum atomic E-state index is -1.11. The molecule has 0 aromatic heterocycles. The Morgan fingerprint density at radius 2 is 2.14 bits per heavy atom. The molecule has 0 radical (unpaired) electrons. The number of halogens is 1. The maximum Gasteiger partial charge on any atom is 0.214 e. The van der Waals surface area contributed by atoms with Gasteiger partial charge in [-0.05, 0) is 20.8 Å². The van der Waals surface area contributed by atoms with Crippen LogP contribution in [0.2, 0.25) is 0 Å². The monoisotopic (exact) mass is 206 g/mol. The summed E-state index contributed by atoms with van der Waals surface area (Å²) in [6, 6.07) is -0.368. The first kappa shape index (κ1) is 11.8. The van der Waals surface area contributed by atoms with E-state index >= 15 is 0 Å². The Balaban J connectivity index is 2.29. The number of rotatable bonds is 3. The van der Waals surface area contributed by atoms with Crippen LogP contribution in [0.1, 0.15) is 20.8 Å². The Kier molecular flexibility index (Phi) is 3.83. The second kappa shape index (κ2) is 4.53. The number of alkyl halides is 1. The van der Waals surface area contributed by atoms with Gasteiger partial charge in [0.2, 0.25) is 6.41 Å². The molecule has 0 spiro atoms. The van der Waals surface area contributed by atoms with Crippen LogP contribution in [0.5, 0.6) is 0 Å². The lowest BCUT2D eigenvalue weighted by molar-refractivity contribution is -0.186. The zero-order chi connectivity index (χ0) is 10.8. The Hall–Kier alpha value is -0.230. The average molecular weight is 206 g/mol. The van der Waals surface area contributed by atoms with Crippen molar-refractivity contribution in [2.45, 2.75) is 45.0 Å². The van der Waals surface area contributed by atoms with Crippen molar-refractivity contribution in [1.29, 1.82) is 0 Å². The summed E-state index contributed by atoms with van der Waals surface area (Å²) in [5.41, 5.74) is -0.440. The fraction of sp³-hybridized carbons (Fsp3) is 1.00. The highest BCUT2D eigenvalue weighted by molar-refractivity contribution is 4.86. The summed E-state index contributed by atoms with van der Waals surface area (Å²) in [5.74, 6) is 0. The molecule has 0 aromatic rings. The summed E-state index contributed by atoms with van der Waals surface area (Å²) in [5, 5.41) is 15.0. The molecule has 1 aliphatic rings. The summed E-state index contributed by atoms with van der Waals surface area (Å²) in [6.07, 6.45) is -2.08. The van der Waals surface area contributed by atoms with Gasteiger partial charge in [-0.3, -0.25) is 5.32 Å². The summed E-state index contributed by atoms with van der Waals surface area (Å²) in [7, 11) is 0. The number of aliphatic hydroxyl groups excluding tert-OH is 1. The smallest absolute Gasteiger partial charge is 0.214 e. The van der Waals surface area contributed by atoms with Crippen molar-refractivity contribution in [2.24, 2.45) is 0 Å². The van der Waals surface area contributed by atoms with Gasteiger partial charge >= 0.3 is 0 Å². The van der Waals surface area contributed by atoms with Crippen LogP contribution in [0.4, 0.5) is 4.39 Å². The number of aliphatic hydroxyl groups is 1. The molecule has 0 bridgehead atoms. The Bertz CT molecular complexity index is 184. The maximum absolute atomic E-state index is 13.1. The minimum Gasteiger partial charge on any atom is -0.356 e. The topological polar surface area (TPSA) is 53.5 Å². The van der Waals surface area contributed by atoms with Gasteiger partial charge in [0.1, 0.15) is 6.17 Å². The molecule has 1 aliphatic heterocycles. The number of hydrogen-bond donors (Lipinski definition) is 3. The molecule has 3 atom stereocenters. The second-order valence-corrected chi connectivity index (χ2v) is 4.53. The summed E-state index contributed by atoms with van der Waals surface area (Å²) < 4.78 is 18.3. The van der Waals surface area contributed by atoms with Crippen molar-refractivity contribution in [1.82, 2.24) is 10.6 Å². The predicted octanol–water partition coefficient (Wildman–Crippen LogP) is -0.0231. The lowest BCUT2D eigenvalue weighted by atomic mass is 10.2. The van der Waals surface area contributed by atoms with Gasteiger partial charge in [0.25, 0.3) is 0 Å². The van der Waals surface area contributed by atoms with Crippen molar-refractivity contribution < 1.29 is 14.2 Å². The van der Waals surface area contributed by atoms with Crippen LogP contribution in [0.15, 0.2) is 0 Å². The van der Waals surface area contributed by atoms with Crippen molar-refractivity contribution in [3.63, 3.8) is 0 Å². The van der Waals surface area contributed by atoms with Crippen molar-refractivity contribution in [3.8, 4) is 0 Å². The Morgan fingerprint density at radius 3 is 2.57 bits per heavy atom. The van der Waals surface area contributed by atoms with Crippen LogP contribution in [0, 0.1) is 0 Å². The fourth-order valence-corrected chi connectivity index (χ4v) is 1.36. The van der Waals surface area contributed by atoms with Gasteiger partial charge in [0.05, 0.1) is 11.6 Å². The third-order valence-corrected chi connectivity index (χ3v) is 1.96. The molecule has 0 amide bonds. The van der Waals surface area contributed by atoms with E-state index in [4.69, 9.17) is 4.74 Å². The molecule has 3 N–H and O–H groups in total. The number of hydrogen-bond acceptors (Lipinski definition) is 4. The molecular formula is C9H19FN2O2. The van der Waals surface area contributed by atoms with E-state index in [0.29, 0.717) is 13.1 Å². The van der Waals surface area contributed by atoms with Gasteiger partial charge in [-0.1, -0.05) is 0 Å². The van der Waals surface area contributed by atoms with Gasteiger partial charge < -0.3 is 15.2 Å². The highest BCUT2D eigenvalue weighted by Crippen LogP contribution is 2.10. The van der Waals surface area contributed by atoms with Crippen LogP contribution in [0.3, 0.4) is 0 Å². The Morgan fingerprint density at radius 1 is 1.50 bits per heavy atom. The molecule has 1 saturated heterocycles. The van der Waals surface area contributed by atoms with Gasteiger partial charge in [-0.2, -0.15) is 0 Å². The fourth-order valence-electron chi connectivity index (χ4n) is 1.36. The Labute approximate surface area is 83.8 Å². The van der Waals surface area contributed by atoms with E-state index in [2.05, 4.69) is 10.6 Å². The SMILES string of the molecule is CC(C)(C)OC(O)NC1CNCC1F. The van der Waals surface area contributed by atoms with Crippen molar-refractivity contribution in [2.75, 3.05) is 13.1 Å². The molecule has 84 valence electrons. The standard InChI is InChI=1S/C9H19FN2O2/c1-9(2,3)14-8(13)12-7-5-11-4-6(7)10/h6-8,11-13H,4-5H2,1-3H3. The van der Waals surface area contributed by atoms with E-state index in [-0.39, 0.29) is 6.04 Å². The van der Waals surface area contributed by atoms with Gasteiger partial charge in [0.15, 0.2) is 0 Å². The lowest BCUT2D eigenvalue weighted by Gasteiger charge is -2.26. The number of nitrogens with one attached hydrogen (secondary N) is 2. The molecule has 1 heterocycles. The normalized spacial score (nSPS) is 30.6. The van der Waals surface area contributed by atoms with Crippen LogP contribution in [0.25, 0.3) is 0 Å². The van der Waals surface area contributed by atoms with E-state index in [1.807, 2.05) is 20.8 Å². The zero-order valence-electron chi connectivity index (χ0n) is 8.88. The van der Waals surface area contributed by atoms with E-state index in [1.54, 1.807) is 0 Å². The van der Waals surface area contributed by atoms with Crippen LogP contribution in [-0.4, -0.2) is 42.4 Å². The van der Waals surface area contributed by atoms with Gasteiger partial charge in [0, 0.05) is 13.1 Å². The summed E-state index contributed by atoms with van der Waals surface area (Å²) in [6.45, 7) is 6.35. The third-order valence-electron chi connectivity index (χ3n) is 1.96. The van der Waals surface area contributed by atoms with Crippen LogP contribution in [-0.2, 0) is 4.74 Å². The van der Waals surface area contributed by atoms with E-state index in [1.165, 1.54) is 0 Å². The second-order valence-electron chi connectivity index (χ2n) is 4.53. The summed E-state index contributed by atoms with van der Waals surface area (Å²) >= 11 is 0. The van der Waals surface area contributed by atoms with E-state index in [9.17, 15) is 9.50 Å². The molecule has 1 rings (SSSR count). The largest absolute Gasteiger partial charge is 0.356 e. The third kappa shape index (κ3) is 3.88. The minimum absolute atomic E-state index is 0.333. The van der Waals surface area contributed by atoms with E-state index in [0.717, 1.165) is 0 Å². The van der Waals surface area contributed by atoms with Gasteiger partial charge in [-0.25, -0.2) is 4.39 Å². The average Bonchev–Trinajstić information content (AvgIpc) is 2.32. The van der Waals surface area contributed by atoms with Gasteiger partial charge in [-0.15, -0.1) is 0 Å². The molecule has 0 aromatic carbocycles. The molecule has 14 heavy (non-hydrogen) atoms. The van der Waals surface area contributed by atoms with Crippen molar-refractivity contribution in [3.05, 3.63) is 0 Å². The molecule has 0 saturated carbocycles. The summed E-state index contributed by atoms with van der Waals surface area (Å²) in [4.78, 5) is 0. The first-order valence-corrected chi connectivity index (χ1v) is 4.85. The van der Waals surface area contributed by atoms with Crippen LogP contribution >= 0.6 is 0 Å². The number of ether oxygens (including phenoxy) is 1. The first-order valence-electron chi connectivity index (χ1n) is 4.85. The zero-order valence-corrected chi connectivity index (χ0v) is 8.88. The molecule has 4 nitrogen and oxygen atoms in total. The van der Waals surface area contributed by atoms with Crippen molar-refractivity contribution >= 4 is 0 Å². The predicted molar refractivity (Wildman–Crippen MR) is 51.5 cm³/mol. The molecule has 0 aliphatic carbocycles. The quantitative estimate of drug-likeness (QED) is 0.568. The molecule has 1 fully saturated rings. The van der Waals surface area contributed by atoms with E-state index < -0.39 is 18.2 Å². The molecular weight excluding hydrogens is 187 g/mol. The molecule has 3 unspecified atom stereocenters.